The third-order valence-corrected chi connectivity index (χ3v) is 3.52. The zero-order valence-electron chi connectivity index (χ0n) is 5.47. The molecule has 1 aliphatic heterocycles. The molecule has 62 valence electrons. The standard InChI is InChI=1S/C4H6N2O3S2/c7-3(8)5-6-9-4-10-1-2-11-4/h4H,1-2H2,(H,7,8). The Morgan fingerprint density at radius 2 is 2.18 bits per heavy atom. The molecule has 5 nitrogen and oxygen atoms in total. The Morgan fingerprint density at radius 3 is 2.73 bits per heavy atom. The van der Waals surface area contributed by atoms with Crippen LogP contribution in [0.4, 0.5) is 4.79 Å². The van der Waals surface area contributed by atoms with E-state index in [1.807, 2.05) is 0 Å². The van der Waals surface area contributed by atoms with E-state index in [9.17, 15) is 4.79 Å². The minimum absolute atomic E-state index is 0.0851. The van der Waals surface area contributed by atoms with Crippen molar-refractivity contribution in [1.29, 1.82) is 0 Å². The molecule has 1 saturated heterocycles. The van der Waals surface area contributed by atoms with Gasteiger partial charge in [-0.1, -0.05) is 0 Å². The topological polar surface area (TPSA) is 71.2 Å². The largest absolute Gasteiger partial charge is 0.462 e. The lowest BCUT2D eigenvalue weighted by atomic mass is 11.0. The number of thioether (sulfide) groups is 2. The van der Waals surface area contributed by atoms with Crippen molar-refractivity contribution < 1.29 is 14.7 Å². The monoisotopic (exact) mass is 194 g/mol. The van der Waals surface area contributed by atoms with Crippen LogP contribution in [-0.2, 0) is 4.84 Å². The van der Waals surface area contributed by atoms with Crippen molar-refractivity contribution in [1.82, 2.24) is 0 Å². The zero-order valence-corrected chi connectivity index (χ0v) is 7.10. The molecular weight excluding hydrogens is 188 g/mol. The van der Waals surface area contributed by atoms with Crippen molar-refractivity contribution in [2.75, 3.05) is 11.5 Å². The molecule has 1 aliphatic rings. The second kappa shape index (κ2) is 4.45. The predicted octanol–water partition coefficient (Wildman–Crippen LogP) is 1.81. The lowest BCUT2D eigenvalue weighted by Gasteiger charge is -2.00. The third-order valence-electron chi connectivity index (χ3n) is 0.851. The first-order valence-corrected chi connectivity index (χ1v) is 4.92. The van der Waals surface area contributed by atoms with Gasteiger partial charge in [-0.15, -0.1) is 23.5 Å². The Hall–Kier alpha value is -0.430. The van der Waals surface area contributed by atoms with Gasteiger partial charge >= 0.3 is 6.09 Å². The van der Waals surface area contributed by atoms with Crippen LogP contribution in [0.5, 0.6) is 0 Å². The Kier molecular flexibility index (Phi) is 3.50. The lowest BCUT2D eigenvalue weighted by Crippen LogP contribution is -1.93. The van der Waals surface area contributed by atoms with Crippen molar-refractivity contribution in [3.63, 3.8) is 0 Å². The molecule has 0 aromatic heterocycles. The van der Waals surface area contributed by atoms with Gasteiger partial charge < -0.3 is 9.94 Å². The molecule has 0 aromatic rings. The predicted molar refractivity (Wildman–Crippen MR) is 42.7 cm³/mol. The molecule has 0 aromatic carbocycles. The summed E-state index contributed by atoms with van der Waals surface area (Å²) in [7, 11) is 0. The summed E-state index contributed by atoms with van der Waals surface area (Å²) in [5.74, 6) is 2.02. The quantitative estimate of drug-likeness (QED) is 0.536. The van der Waals surface area contributed by atoms with Crippen LogP contribution >= 0.6 is 23.5 Å². The maximum atomic E-state index is 9.82. The molecule has 1 fully saturated rings. The molecule has 0 bridgehead atoms. The van der Waals surface area contributed by atoms with Gasteiger partial charge in [0.15, 0.2) is 0 Å². The zero-order chi connectivity index (χ0) is 8.10. The number of carbonyl (C=O) groups is 1. The van der Waals surface area contributed by atoms with E-state index in [0.717, 1.165) is 11.5 Å². The van der Waals surface area contributed by atoms with Gasteiger partial charge in [0.25, 0.3) is 0 Å². The van der Waals surface area contributed by atoms with E-state index < -0.39 is 6.09 Å². The molecule has 1 N–H and O–H groups in total. The molecule has 1 rings (SSSR count). The molecule has 0 aliphatic carbocycles. The Bertz CT molecular complexity index is 169. The molecule has 1 heterocycles. The highest BCUT2D eigenvalue weighted by molar-refractivity contribution is 8.19. The van der Waals surface area contributed by atoms with E-state index in [4.69, 9.17) is 9.94 Å². The van der Waals surface area contributed by atoms with Crippen LogP contribution < -0.4 is 0 Å². The molecule has 11 heavy (non-hydrogen) atoms. The van der Waals surface area contributed by atoms with E-state index in [0.29, 0.717) is 0 Å². The van der Waals surface area contributed by atoms with Crippen molar-refractivity contribution in [3.05, 3.63) is 0 Å². The summed E-state index contributed by atoms with van der Waals surface area (Å²) in [6.07, 6.45) is -1.34. The summed E-state index contributed by atoms with van der Waals surface area (Å²) in [5.41, 5.74) is 0. The van der Waals surface area contributed by atoms with E-state index in [2.05, 4.69) is 10.4 Å². The van der Waals surface area contributed by atoms with Gasteiger partial charge in [0.1, 0.15) is 0 Å². The molecule has 0 radical (unpaired) electrons. The average molecular weight is 194 g/mol. The molecule has 0 unspecified atom stereocenters. The molecule has 0 spiro atoms. The summed E-state index contributed by atoms with van der Waals surface area (Å²) in [6.45, 7) is 0. The number of amides is 1. The third kappa shape index (κ3) is 3.47. The van der Waals surface area contributed by atoms with Crippen LogP contribution in [0.1, 0.15) is 0 Å². The fourth-order valence-electron chi connectivity index (χ4n) is 0.495. The van der Waals surface area contributed by atoms with Crippen LogP contribution in [0.25, 0.3) is 0 Å². The summed E-state index contributed by atoms with van der Waals surface area (Å²) in [4.78, 5) is 14.5. The van der Waals surface area contributed by atoms with Gasteiger partial charge in [0.05, 0.1) is 0 Å². The SMILES string of the molecule is O=C(O)N=NOC1SCCS1. The van der Waals surface area contributed by atoms with E-state index in [1.165, 1.54) is 0 Å². The summed E-state index contributed by atoms with van der Waals surface area (Å²) in [6, 6.07) is 0. The summed E-state index contributed by atoms with van der Waals surface area (Å²) < 4.78 is -0.0851. The van der Waals surface area contributed by atoms with E-state index >= 15 is 0 Å². The molecule has 1 amide bonds. The number of carboxylic acid groups (broad SMARTS) is 1. The van der Waals surface area contributed by atoms with Crippen molar-refractivity contribution in [2.24, 2.45) is 10.4 Å². The maximum Gasteiger partial charge on any atom is 0.452 e. The average Bonchev–Trinajstić information content (AvgIpc) is 2.39. The second-order valence-corrected chi connectivity index (χ2v) is 4.24. The van der Waals surface area contributed by atoms with Crippen molar-refractivity contribution in [3.8, 4) is 0 Å². The fourth-order valence-corrected chi connectivity index (χ4v) is 2.81. The lowest BCUT2D eigenvalue weighted by molar-refractivity contribution is 0.144. The number of nitrogens with zero attached hydrogens (tertiary/aromatic N) is 2. The van der Waals surface area contributed by atoms with Gasteiger partial charge in [0, 0.05) is 16.8 Å². The van der Waals surface area contributed by atoms with Crippen LogP contribution in [0.3, 0.4) is 0 Å². The van der Waals surface area contributed by atoms with Crippen molar-refractivity contribution >= 4 is 29.6 Å². The fraction of sp³-hybridized carbons (Fsp3) is 0.750. The summed E-state index contributed by atoms with van der Waals surface area (Å²) in [5, 5.41) is 13.9. The molecular formula is C4H6N2O3S2. The van der Waals surface area contributed by atoms with Crippen molar-refractivity contribution in [2.45, 2.75) is 4.77 Å². The molecule has 0 atom stereocenters. The molecule has 7 heteroatoms. The van der Waals surface area contributed by atoms with Gasteiger partial charge in [-0.2, -0.15) is 0 Å². The Morgan fingerprint density at radius 1 is 1.55 bits per heavy atom. The van der Waals surface area contributed by atoms with E-state index in [-0.39, 0.29) is 4.77 Å². The van der Waals surface area contributed by atoms with Gasteiger partial charge in [-0.25, -0.2) is 4.79 Å². The minimum atomic E-state index is -1.34. The van der Waals surface area contributed by atoms with Gasteiger partial charge in [0.2, 0.25) is 4.77 Å². The highest BCUT2D eigenvalue weighted by Gasteiger charge is 2.17. The highest BCUT2D eigenvalue weighted by Crippen LogP contribution is 2.32. The number of hydrogen-bond acceptors (Lipinski definition) is 5. The first kappa shape index (κ1) is 8.66. The highest BCUT2D eigenvalue weighted by atomic mass is 32.2. The number of hydrogen-bond donors (Lipinski definition) is 1. The summed E-state index contributed by atoms with van der Waals surface area (Å²) >= 11 is 3.18. The Labute approximate surface area is 71.5 Å². The van der Waals surface area contributed by atoms with Crippen LogP contribution in [0.2, 0.25) is 0 Å². The first-order chi connectivity index (χ1) is 5.29. The van der Waals surface area contributed by atoms with E-state index in [1.54, 1.807) is 23.5 Å². The minimum Gasteiger partial charge on any atom is -0.462 e. The second-order valence-electron chi connectivity index (χ2n) is 1.60. The van der Waals surface area contributed by atoms with Crippen LogP contribution in [-0.4, -0.2) is 27.5 Å². The Balaban J connectivity index is 2.15. The first-order valence-electron chi connectivity index (χ1n) is 2.82. The normalized spacial score (nSPS) is 19.3. The maximum absolute atomic E-state index is 9.82. The van der Waals surface area contributed by atoms with Crippen LogP contribution in [0, 0.1) is 0 Å². The number of rotatable bonds is 2. The molecule has 0 saturated carbocycles. The van der Waals surface area contributed by atoms with Gasteiger partial charge in [-0.3, -0.25) is 0 Å². The van der Waals surface area contributed by atoms with Gasteiger partial charge in [-0.05, 0) is 5.11 Å². The van der Waals surface area contributed by atoms with Crippen LogP contribution in [0.15, 0.2) is 10.4 Å². The smallest absolute Gasteiger partial charge is 0.452 e.